The highest BCUT2D eigenvalue weighted by molar-refractivity contribution is 6.30. The van der Waals surface area contributed by atoms with Crippen LogP contribution in [-0.2, 0) is 6.54 Å². The van der Waals surface area contributed by atoms with Gasteiger partial charge in [-0.1, -0.05) is 11.6 Å². The van der Waals surface area contributed by atoms with E-state index in [1.165, 1.54) is 10.1 Å². The summed E-state index contributed by atoms with van der Waals surface area (Å²) in [6.45, 7) is 6.69. The Morgan fingerprint density at radius 1 is 1.28 bits per heavy atom. The third-order valence-electron chi connectivity index (χ3n) is 4.70. The van der Waals surface area contributed by atoms with Crippen LogP contribution in [0.2, 0.25) is 5.02 Å². The summed E-state index contributed by atoms with van der Waals surface area (Å²) in [5.41, 5.74) is 3.57. The van der Waals surface area contributed by atoms with Gasteiger partial charge >= 0.3 is 0 Å². The predicted octanol–water partition coefficient (Wildman–Crippen LogP) is 2.61. The zero-order valence-electron chi connectivity index (χ0n) is 14.3. The highest BCUT2D eigenvalue weighted by atomic mass is 35.5. The summed E-state index contributed by atoms with van der Waals surface area (Å²) in [6, 6.07) is 7.62. The van der Waals surface area contributed by atoms with Crippen molar-refractivity contribution in [2.45, 2.75) is 32.9 Å². The van der Waals surface area contributed by atoms with E-state index in [0.717, 1.165) is 30.9 Å². The zero-order valence-corrected chi connectivity index (χ0v) is 15.1. The average Bonchev–Trinajstić information content (AvgIpc) is 3.14. The van der Waals surface area contributed by atoms with Crippen molar-refractivity contribution < 1.29 is 0 Å². The molecule has 0 aromatic carbocycles. The molecule has 0 amide bonds. The molecule has 1 aliphatic rings. The molecular formula is C18H20ClN5O. The van der Waals surface area contributed by atoms with E-state index < -0.39 is 0 Å². The molecule has 0 bridgehead atoms. The van der Waals surface area contributed by atoms with Crippen molar-refractivity contribution in [2.24, 2.45) is 0 Å². The Labute approximate surface area is 150 Å². The number of rotatable bonds is 3. The van der Waals surface area contributed by atoms with Crippen LogP contribution in [0.5, 0.6) is 0 Å². The molecule has 0 N–H and O–H groups in total. The van der Waals surface area contributed by atoms with Gasteiger partial charge in [0.1, 0.15) is 5.65 Å². The third kappa shape index (κ3) is 3.19. The molecule has 0 saturated carbocycles. The van der Waals surface area contributed by atoms with E-state index in [1.807, 2.05) is 6.92 Å². The van der Waals surface area contributed by atoms with Crippen molar-refractivity contribution >= 4 is 17.2 Å². The van der Waals surface area contributed by atoms with Crippen LogP contribution >= 0.6 is 11.6 Å². The maximum atomic E-state index is 12.3. The molecule has 0 radical (unpaired) electrons. The SMILES string of the molecule is Cc1cc(C)n([C@H]2CCN(Cc3cc(=O)n4cc(Cl)ccc4n3)C2)n1. The molecule has 130 valence electrons. The summed E-state index contributed by atoms with van der Waals surface area (Å²) in [7, 11) is 0. The van der Waals surface area contributed by atoms with Gasteiger partial charge in [-0.3, -0.25) is 18.8 Å². The van der Waals surface area contributed by atoms with Gasteiger partial charge in [-0.15, -0.1) is 0 Å². The van der Waals surface area contributed by atoms with E-state index in [2.05, 4.69) is 32.7 Å². The second-order valence-corrected chi connectivity index (χ2v) is 7.15. The minimum atomic E-state index is -0.100. The average molecular weight is 358 g/mol. The van der Waals surface area contributed by atoms with E-state index >= 15 is 0 Å². The van der Waals surface area contributed by atoms with Crippen molar-refractivity contribution in [1.82, 2.24) is 24.1 Å². The quantitative estimate of drug-likeness (QED) is 0.723. The van der Waals surface area contributed by atoms with Crippen LogP contribution in [0, 0.1) is 13.8 Å². The van der Waals surface area contributed by atoms with Crippen molar-refractivity contribution in [1.29, 1.82) is 0 Å². The predicted molar refractivity (Wildman–Crippen MR) is 97.1 cm³/mol. The number of nitrogens with zero attached hydrogens (tertiary/aromatic N) is 5. The van der Waals surface area contributed by atoms with E-state index in [4.69, 9.17) is 11.6 Å². The van der Waals surface area contributed by atoms with Gasteiger partial charge < -0.3 is 0 Å². The largest absolute Gasteiger partial charge is 0.295 e. The number of halogens is 1. The van der Waals surface area contributed by atoms with Crippen molar-refractivity contribution in [3.05, 3.63) is 62.9 Å². The molecule has 4 heterocycles. The van der Waals surface area contributed by atoms with Gasteiger partial charge in [0.05, 0.1) is 22.5 Å². The fourth-order valence-electron chi connectivity index (χ4n) is 3.61. The first kappa shape index (κ1) is 16.3. The first-order valence-electron chi connectivity index (χ1n) is 8.42. The lowest BCUT2D eigenvalue weighted by Gasteiger charge is -2.17. The van der Waals surface area contributed by atoms with Crippen molar-refractivity contribution in [2.75, 3.05) is 13.1 Å². The number of hydrogen-bond acceptors (Lipinski definition) is 4. The fraction of sp³-hybridized carbons (Fsp3) is 0.389. The monoisotopic (exact) mass is 357 g/mol. The lowest BCUT2D eigenvalue weighted by molar-refractivity contribution is 0.307. The molecule has 1 fully saturated rings. The summed E-state index contributed by atoms with van der Waals surface area (Å²) in [4.78, 5) is 19.2. The van der Waals surface area contributed by atoms with Crippen LogP contribution < -0.4 is 5.56 Å². The Balaban J connectivity index is 1.53. The molecule has 1 aliphatic heterocycles. The smallest absolute Gasteiger partial charge is 0.258 e. The summed E-state index contributed by atoms with van der Waals surface area (Å²) < 4.78 is 3.61. The lowest BCUT2D eigenvalue weighted by Crippen LogP contribution is -2.24. The molecule has 3 aromatic heterocycles. The van der Waals surface area contributed by atoms with E-state index in [9.17, 15) is 4.79 Å². The van der Waals surface area contributed by atoms with Gasteiger partial charge in [0.25, 0.3) is 5.56 Å². The molecule has 1 atom stereocenters. The molecular weight excluding hydrogens is 338 g/mol. The number of likely N-dealkylation sites (tertiary alicyclic amines) is 1. The van der Waals surface area contributed by atoms with Crippen molar-refractivity contribution in [3.8, 4) is 0 Å². The first-order valence-corrected chi connectivity index (χ1v) is 8.80. The number of pyridine rings is 1. The Bertz CT molecular complexity index is 993. The highest BCUT2D eigenvalue weighted by Crippen LogP contribution is 2.24. The van der Waals surface area contributed by atoms with E-state index in [0.29, 0.717) is 23.3 Å². The topological polar surface area (TPSA) is 55.4 Å². The third-order valence-corrected chi connectivity index (χ3v) is 4.92. The fourth-order valence-corrected chi connectivity index (χ4v) is 3.77. The molecule has 0 unspecified atom stereocenters. The molecule has 25 heavy (non-hydrogen) atoms. The van der Waals surface area contributed by atoms with E-state index in [-0.39, 0.29) is 5.56 Å². The van der Waals surface area contributed by atoms with Gasteiger partial charge in [-0.2, -0.15) is 5.10 Å². The minimum Gasteiger partial charge on any atom is -0.295 e. The van der Waals surface area contributed by atoms with Crippen LogP contribution in [0.4, 0.5) is 0 Å². The van der Waals surface area contributed by atoms with Crippen LogP contribution in [0.1, 0.15) is 29.5 Å². The second-order valence-electron chi connectivity index (χ2n) is 6.71. The second kappa shape index (κ2) is 6.28. The van der Waals surface area contributed by atoms with Crippen LogP contribution in [0.25, 0.3) is 5.65 Å². The molecule has 6 nitrogen and oxygen atoms in total. The normalized spacial score (nSPS) is 18.3. The molecule has 3 aromatic rings. The number of hydrogen-bond donors (Lipinski definition) is 0. The van der Waals surface area contributed by atoms with E-state index in [1.54, 1.807) is 24.4 Å². The summed E-state index contributed by atoms with van der Waals surface area (Å²) in [5.74, 6) is 0. The first-order chi connectivity index (χ1) is 12.0. The summed E-state index contributed by atoms with van der Waals surface area (Å²) in [5, 5.41) is 5.13. The van der Waals surface area contributed by atoms with Gasteiger partial charge in [-0.05, 0) is 38.5 Å². The Morgan fingerprint density at radius 3 is 2.88 bits per heavy atom. The van der Waals surface area contributed by atoms with Gasteiger partial charge in [0, 0.05) is 37.6 Å². The lowest BCUT2D eigenvalue weighted by atomic mass is 10.2. The maximum absolute atomic E-state index is 12.3. The van der Waals surface area contributed by atoms with Gasteiger partial charge in [0.15, 0.2) is 0 Å². The number of aryl methyl sites for hydroxylation is 2. The molecule has 0 aliphatic carbocycles. The Hall–Kier alpha value is -2.18. The molecule has 4 rings (SSSR count). The molecule has 1 saturated heterocycles. The van der Waals surface area contributed by atoms with Crippen molar-refractivity contribution in [3.63, 3.8) is 0 Å². The standard InChI is InChI=1S/C18H20ClN5O/c1-12-7-13(2)24(21-12)16-5-6-22(11-16)10-15-8-18(25)23-9-14(19)3-4-17(23)20-15/h3-4,7-9,16H,5-6,10-11H2,1-2H3/t16-/m0/s1. The summed E-state index contributed by atoms with van der Waals surface area (Å²) >= 11 is 5.95. The number of fused-ring (bicyclic) bond motifs is 1. The number of aromatic nitrogens is 4. The minimum absolute atomic E-state index is 0.100. The zero-order chi connectivity index (χ0) is 17.6. The van der Waals surface area contributed by atoms with Crippen LogP contribution in [-0.4, -0.2) is 37.2 Å². The Morgan fingerprint density at radius 2 is 2.12 bits per heavy atom. The maximum Gasteiger partial charge on any atom is 0.258 e. The molecule has 0 spiro atoms. The van der Waals surface area contributed by atoms with Gasteiger partial charge in [-0.25, -0.2) is 4.98 Å². The Kier molecular flexibility index (Phi) is 4.09. The van der Waals surface area contributed by atoms with Crippen LogP contribution in [0.15, 0.2) is 35.3 Å². The van der Waals surface area contributed by atoms with Gasteiger partial charge in [0.2, 0.25) is 0 Å². The van der Waals surface area contributed by atoms with Crippen LogP contribution in [0.3, 0.4) is 0 Å². The highest BCUT2D eigenvalue weighted by Gasteiger charge is 2.26. The molecule has 7 heteroatoms. The summed E-state index contributed by atoms with van der Waals surface area (Å²) in [6.07, 6.45) is 2.66.